The van der Waals surface area contributed by atoms with Gasteiger partial charge in [-0.25, -0.2) is 8.42 Å². The summed E-state index contributed by atoms with van der Waals surface area (Å²) in [5.74, 6) is -0.884. The first-order valence-electron chi connectivity index (χ1n) is 10.1. The zero-order valence-corrected chi connectivity index (χ0v) is 20.5. The van der Waals surface area contributed by atoms with E-state index in [0.717, 1.165) is 10.6 Å². The molecule has 1 unspecified atom stereocenters. The largest absolute Gasteiger partial charge is 0.355 e. The second-order valence-corrected chi connectivity index (χ2v) is 9.87. The Bertz CT molecular complexity index is 1030. The third-order valence-corrected chi connectivity index (χ3v) is 6.70. The van der Waals surface area contributed by atoms with E-state index >= 15 is 0 Å². The van der Waals surface area contributed by atoms with Crippen molar-refractivity contribution in [3.63, 3.8) is 0 Å². The minimum absolute atomic E-state index is 0.0423. The van der Waals surface area contributed by atoms with Crippen LogP contribution in [0, 0.1) is 0 Å². The molecule has 0 aliphatic carbocycles. The molecule has 0 saturated heterocycles. The average Bonchev–Trinajstić information content (AvgIpc) is 2.73. The van der Waals surface area contributed by atoms with E-state index in [-0.39, 0.29) is 12.5 Å². The third kappa shape index (κ3) is 6.60. The highest BCUT2D eigenvalue weighted by Crippen LogP contribution is 2.27. The Labute approximate surface area is 199 Å². The van der Waals surface area contributed by atoms with E-state index < -0.39 is 28.5 Å². The Morgan fingerprint density at radius 1 is 1.00 bits per heavy atom. The highest BCUT2D eigenvalue weighted by atomic mass is 35.5. The maximum Gasteiger partial charge on any atom is 0.244 e. The van der Waals surface area contributed by atoms with Crippen LogP contribution in [-0.4, -0.2) is 50.5 Å². The predicted octanol–water partition coefficient (Wildman–Crippen LogP) is 3.70. The molecule has 0 saturated carbocycles. The van der Waals surface area contributed by atoms with Crippen molar-refractivity contribution in [2.24, 2.45) is 0 Å². The van der Waals surface area contributed by atoms with Crippen molar-refractivity contribution < 1.29 is 18.0 Å². The number of halogens is 2. The molecule has 7 nitrogen and oxygen atoms in total. The lowest BCUT2D eigenvalue weighted by Crippen LogP contribution is -2.52. The normalized spacial score (nSPS) is 12.2. The van der Waals surface area contributed by atoms with Gasteiger partial charge in [0, 0.05) is 28.7 Å². The Morgan fingerprint density at radius 2 is 1.59 bits per heavy atom. The van der Waals surface area contributed by atoms with Gasteiger partial charge in [0.2, 0.25) is 21.8 Å². The van der Waals surface area contributed by atoms with E-state index in [4.69, 9.17) is 23.2 Å². The molecule has 0 aliphatic heterocycles. The van der Waals surface area contributed by atoms with E-state index in [1.54, 1.807) is 62.4 Å². The van der Waals surface area contributed by atoms with E-state index in [1.165, 1.54) is 4.90 Å². The number of sulfonamides is 1. The maximum absolute atomic E-state index is 13.5. The van der Waals surface area contributed by atoms with Gasteiger partial charge in [-0.05, 0) is 37.6 Å². The molecule has 1 N–H and O–H groups in total. The Hall–Kier alpha value is -2.29. The van der Waals surface area contributed by atoms with Crippen LogP contribution in [-0.2, 0) is 26.2 Å². The summed E-state index contributed by atoms with van der Waals surface area (Å²) in [6.45, 7) is 3.44. The van der Waals surface area contributed by atoms with Gasteiger partial charge < -0.3 is 10.2 Å². The minimum atomic E-state index is -3.77. The van der Waals surface area contributed by atoms with E-state index in [2.05, 4.69) is 5.32 Å². The molecule has 10 heteroatoms. The molecule has 0 aromatic heterocycles. The van der Waals surface area contributed by atoms with Crippen molar-refractivity contribution in [1.82, 2.24) is 10.2 Å². The molecule has 1 atom stereocenters. The summed E-state index contributed by atoms with van der Waals surface area (Å²) < 4.78 is 25.9. The fourth-order valence-electron chi connectivity index (χ4n) is 3.27. The lowest BCUT2D eigenvalue weighted by Gasteiger charge is -2.33. The summed E-state index contributed by atoms with van der Waals surface area (Å²) >= 11 is 12.6. The van der Waals surface area contributed by atoms with E-state index in [0.29, 0.717) is 34.3 Å². The number of benzene rings is 2. The van der Waals surface area contributed by atoms with E-state index in [1.807, 2.05) is 0 Å². The molecule has 0 spiro atoms. The van der Waals surface area contributed by atoms with Gasteiger partial charge in [-0.15, -0.1) is 0 Å². The average molecular weight is 500 g/mol. The molecule has 0 heterocycles. The van der Waals surface area contributed by atoms with Gasteiger partial charge in [0.25, 0.3) is 0 Å². The smallest absolute Gasteiger partial charge is 0.244 e. The number of hydrogen-bond donors (Lipinski definition) is 1. The zero-order chi connectivity index (χ0) is 23.9. The van der Waals surface area contributed by atoms with Crippen LogP contribution < -0.4 is 9.62 Å². The number of para-hydroxylation sites is 1. The van der Waals surface area contributed by atoms with Gasteiger partial charge in [-0.3, -0.25) is 13.9 Å². The standard InChI is InChI=1S/C22H27Cl2N3O4S/c1-4-20(22(29)25-5-2)26(14-17-18(23)12-9-13-19(17)24)21(28)15-27(32(3,30)31)16-10-7-6-8-11-16/h6-13,20H,4-5,14-15H2,1-3H3,(H,25,29). The molecule has 2 amide bonds. The van der Waals surface area contributed by atoms with Crippen molar-refractivity contribution >= 4 is 50.7 Å². The topological polar surface area (TPSA) is 86.8 Å². The Kier molecular flexibility index (Phi) is 9.36. The molecule has 2 rings (SSSR count). The van der Waals surface area contributed by atoms with Crippen molar-refractivity contribution in [3.8, 4) is 0 Å². The number of nitrogens with one attached hydrogen (secondary N) is 1. The molecule has 0 fully saturated rings. The molecule has 0 radical (unpaired) electrons. The van der Waals surface area contributed by atoms with Crippen molar-refractivity contribution in [2.75, 3.05) is 23.7 Å². The number of hydrogen-bond acceptors (Lipinski definition) is 4. The Balaban J connectivity index is 2.47. The van der Waals surface area contributed by atoms with Crippen LogP contribution in [0.4, 0.5) is 5.69 Å². The number of likely N-dealkylation sites (N-methyl/N-ethyl adjacent to an activating group) is 1. The molecular formula is C22H27Cl2N3O4S. The SMILES string of the molecule is CCNC(=O)C(CC)N(Cc1c(Cl)cccc1Cl)C(=O)CN(c1ccccc1)S(C)(=O)=O. The molecule has 0 bridgehead atoms. The van der Waals surface area contributed by atoms with Gasteiger partial charge in [0.15, 0.2) is 0 Å². The van der Waals surface area contributed by atoms with Crippen LogP contribution >= 0.6 is 23.2 Å². The van der Waals surface area contributed by atoms with Gasteiger partial charge in [0.05, 0.1) is 11.9 Å². The molecule has 32 heavy (non-hydrogen) atoms. The lowest BCUT2D eigenvalue weighted by atomic mass is 10.1. The minimum Gasteiger partial charge on any atom is -0.355 e. The maximum atomic E-state index is 13.5. The zero-order valence-electron chi connectivity index (χ0n) is 18.2. The fraction of sp³-hybridized carbons (Fsp3) is 0.364. The summed E-state index contributed by atoms with van der Waals surface area (Å²) in [6, 6.07) is 12.5. The van der Waals surface area contributed by atoms with Crippen LogP contribution in [0.2, 0.25) is 10.0 Å². The van der Waals surface area contributed by atoms with Crippen LogP contribution in [0.5, 0.6) is 0 Å². The Morgan fingerprint density at radius 3 is 2.09 bits per heavy atom. The van der Waals surface area contributed by atoms with Gasteiger partial charge in [-0.2, -0.15) is 0 Å². The van der Waals surface area contributed by atoms with Crippen LogP contribution in [0.1, 0.15) is 25.8 Å². The molecule has 0 aliphatic rings. The fourth-order valence-corrected chi connectivity index (χ4v) is 4.64. The quantitative estimate of drug-likeness (QED) is 0.539. The highest BCUT2D eigenvalue weighted by Gasteiger charge is 2.32. The van der Waals surface area contributed by atoms with Crippen LogP contribution in [0.3, 0.4) is 0 Å². The highest BCUT2D eigenvalue weighted by molar-refractivity contribution is 7.92. The first kappa shape index (κ1) is 26.0. The molecule has 2 aromatic carbocycles. The molecular weight excluding hydrogens is 473 g/mol. The van der Waals surface area contributed by atoms with Gasteiger partial charge in [0.1, 0.15) is 12.6 Å². The number of rotatable bonds is 10. The number of amides is 2. The lowest BCUT2D eigenvalue weighted by molar-refractivity contribution is -0.140. The summed E-state index contributed by atoms with van der Waals surface area (Å²) in [5.41, 5.74) is 0.836. The van der Waals surface area contributed by atoms with Crippen LogP contribution in [0.25, 0.3) is 0 Å². The second kappa shape index (κ2) is 11.5. The number of anilines is 1. The first-order valence-corrected chi connectivity index (χ1v) is 12.7. The van der Waals surface area contributed by atoms with Crippen molar-refractivity contribution in [3.05, 3.63) is 64.1 Å². The third-order valence-electron chi connectivity index (χ3n) is 4.85. The molecule has 174 valence electrons. The van der Waals surface area contributed by atoms with E-state index in [9.17, 15) is 18.0 Å². The number of nitrogens with zero attached hydrogens (tertiary/aromatic N) is 2. The van der Waals surface area contributed by atoms with Crippen molar-refractivity contribution in [1.29, 1.82) is 0 Å². The van der Waals surface area contributed by atoms with Crippen molar-refractivity contribution in [2.45, 2.75) is 32.9 Å². The molecule has 2 aromatic rings. The summed E-state index contributed by atoms with van der Waals surface area (Å²) in [5, 5.41) is 3.43. The number of carbonyl (C=O) groups is 2. The summed E-state index contributed by atoms with van der Waals surface area (Å²) in [6.07, 6.45) is 1.35. The summed E-state index contributed by atoms with van der Waals surface area (Å²) in [4.78, 5) is 27.5. The van der Waals surface area contributed by atoms with Gasteiger partial charge >= 0.3 is 0 Å². The summed E-state index contributed by atoms with van der Waals surface area (Å²) in [7, 11) is -3.77. The number of carbonyl (C=O) groups excluding carboxylic acids is 2. The van der Waals surface area contributed by atoms with Gasteiger partial charge in [-0.1, -0.05) is 54.4 Å². The first-order chi connectivity index (χ1) is 15.1. The second-order valence-electron chi connectivity index (χ2n) is 7.15. The van der Waals surface area contributed by atoms with Crippen LogP contribution in [0.15, 0.2) is 48.5 Å². The monoisotopic (exact) mass is 499 g/mol. The predicted molar refractivity (Wildman–Crippen MR) is 128 cm³/mol.